The summed E-state index contributed by atoms with van der Waals surface area (Å²) in [6, 6.07) is 0.782. The average Bonchev–Trinajstić information content (AvgIpc) is 2.65. The first-order valence-electron chi connectivity index (χ1n) is 4.05. The van der Waals surface area contributed by atoms with Crippen molar-refractivity contribution in [3.05, 3.63) is 11.0 Å². The van der Waals surface area contributed by atoms with Crippen LogP contribution < -0.4 is 5.32 Å². The Labute approximate surface area is 71.6 Å². The highest BCUT2D eigenvalue weighted by molar-refractivity contribution is 7.98. The summed E-state index contributed by atoms with van der Waals surface area (Å²) in [5, 5.41) is 3.49. The second-order valence-electron chi connectivity index (χ2n) is 3.09. The molecule has 0 saturated heterocycles. The van der Waals surface area contributed by atoms with E-state index in [2.05, 4.69) is 11.4 Å². The van der Waals surface area contributed by atoms with Crippen LogP contribution in [0.2, 0.25) is 0 Å². The van der Waals surface area contributed by atoms with Crippen molar-refractivity contribution in [1.29, 1.82) is 0 Å². The van der Waals surface area contributed by atoms with Crippen LogP contribution in [0.5, 0.6) is 0 Å². The molecule has 62 valence electrons. The molecule has 0 aromatic heterocycles. The Morgan fingerprint density at radius 3 is 3.45 bits per heavy atom. The van der Waals surface area contributed by atoms with Gasteiger partial charge in [0.2, 0.25) is 0 Å². The molecule has 1 heterocycles. The normalized spacial score (nSPS) is 35.5. The van der Waals surface area contributed by atoms with Crippen molar-refractivity contribution in [1.82, 2.24) is 5.32 Å². The van der Waals surface area contributed by atoms with Gasteiger partial charge < -0.3 is 9.50 Å². The van der Waals surface area contributed by atoms with Crippen molar-refractivity contribution in [2.45, 2.75) is 18.9 Å². The summed E-state index contributed by atoms with van der Waals surface area (Å²) >= 11 is 1.52. The Hall–Kier alpha value is 0.01000. The lowest BCUT2D eigenvalue weighted by Gasteiger charge is -2.02. The SMILES string of the molecule is COSC1=C[C@@H]2CC2NCC1. The van der Waals surface area contributed by atoms with Gasteiger partial charge in [-0.05, 0) is 18.8 Å². The third-order valence-electron chi connectivity index (χ3n) is 2.21. The summed E-state index contributed by atoms with van der Waals surface area (Å²) in [6.45, 7) is 1.11. The summed E-state index contributed by atoms with van der Waals surface area (Å²) in [5.41, 5.74) is 0. The van der Waals surface area contributed by atoms with Crippen molar-refractivity contribution in [2.75, 3.05) is 13.7 Å². The molecule has 2 rings (SSSR count). The molecule has 1 saturated carbocycles. The number of rotatable bonds is 2. The van der Waals surface area contributed by atoms with E-state index in [1.807, 2.05) is 0 Å². The summed E-state index contributed by atoms with van der Waals surface area (Å²) in [4.78, 5) is 1.39. The predicted octanol–water partition coefficient (Wildman–Crippen LogP) is 1.55. The maximum Gasteiger partial charge on any atom is 0.0508 e. The molecule has 0 spiro atoms. The molecule has 0 bridgehead atoms. The Kier molecular flexibility index (Phi) is 2.20. The zero-order valence-corrected chi connectivity index (χ0v) is 7.49. The first kappa shape index (κ1) is 7.65. The Balaban J connectivity index is 1.95. The van der Waals surface area contributed by atoms with Gasteiger partial charge in [0.1, 0.15) is 0 Å². The molecule has 1 fully saturated rings. The van der Waals surface area contributed by atoms with Crippen LogP contribution in [-0.4, -0.2) is 19.7 Å². The maximum atomic E-state index is 5.02. The largest absolute Gasteiger partial charge is 0.314 e. The third-order valence-corrected chi connectivity index (χ3v) is 2.93. The van der Waals surface area contributed by atoms with Crippen LogP contribution in [0.4, 0.5) is 0 Å². The topological polar surface area (TPSA) is 21.3 Å². The van der Waals surface area contributed by atoms with Crippen molar-refractivity contribution >= 4 is 12.0 Å². The third kappa shape index (κ3) is 1.78. The molecule has 11 heavy (non-hydrogen) atoms. The van der Waals surface area contributed by atoms with E-state index in [0.29, 0.717) is 0 Å². The molecule has 1 N–H and O–H groups in total. The Morgan fingerprint density at radius 2 is 2.64 bits per heavy atom. The number of nitrogens with one attached hydrogen (secondary N) is 1. The van der Waals surface area contributed by atoms with Gasteiger partial charge in [0.15, 0.2) is 0 Å². The molecular weight excluding hydrogens is 158 g/mol. The molecule has 2 aliphatic rings. The smallest absolute Gasteiger partial charge is 0.0508 e. The van der Waals surface area contributed by atoms with Crippen molar-refractivity contribution in [2.24, 2.45) is 5.92 Å². The molecule has 1 unspecified atom stereocenters. The highest BCUT2D eigenvalue weighted by Gasteiger charge is 2.36. The minimum atomic E-state index is 0.782. The highest BCUT2D eigenvalue weighted by atomic mass is 32.2. The number of hydrogen-bond donors (Lipinski definition) is 1. The molecule has 0 aromatic carbocycles. The highest BCUT2D eigenvalue weighted by Crippen LogP contribution is 2.37. The zero-order valence-electron chi connectivity index (χ0n) is 6.67. The zero-order chi connectivity index (χ0) is 7.68. The van der Waals surface area contributed by atoms with Crippen molar-refractivity contribution < 1.29 is 4.18 Å². The van der Waals surface area contributed by atoms with E-state index in [9.17, 15) is 0 Å². The van der Waals surface area contributed by atoms with Crippen LogP contribution in [0.1, 0.15) is 12.8 Å². The van der Waals surface area contributed by atoms with Gasteiger partial charge in [-0.15, -0.1) is 0 Å². The van der Waals surface area contributed by atoms with Crippen LogP contribution in [0, 0.1) is 5.92 Å². The molecule has 2 nitrogen and oxygen atoms in total. The van der Waals surface area contributed by atoms with E-state index in [1.165, 1.54) is 23.4 Å². The maximum absolute atomic E-state index is 5.02. The first-order valence-corrected chi connectivity index (χ1v) is 4.79. The van der Waals surface area contributed by atoms with Crippen molar-refractivity contribution in [3.63, 3.8) is 0 Å². The van der Waals surface area contributed by atoms with Crippen LogP contribution in [0.3, 0.4) is 0 Å². The lowest BCUT2D eigenvalue weighted by Crippen LogP contribution is -2.17. The van der Waals surface area contributed by atoms with E-state index >= 15 is 0 Å². The van der Waals surface area contributed by atoms with E-state index in [-0.39, 0.29) is 0 Å². The van der Waals surface area contributed by atoms with Crippen LogP contribution in [-0.2, 0) is 4.18 Å². The summed E-state index contributed by atoms with van der Waals surface area (Å²) in [7, 11) is 1.73. The number of hydrogen-bond acceptors (Lipinski definition) is 3. The molecule has 0 amide bonds. The molecule has 3 heteroatoms. The molecule has 1 aliphatic heterocycles. The van der Waals surface area contributed by atoms with E-state index in [0.717, 1.165) is 24.9 Å². The Bertz CT molecular complexity index is 181. The fourth-order valence-corrected chi connectivity index (χ4v) is 2.14. The van der Waals surface area contributed by atoms with Gasteiger partial charge in [-0.2, -0.15) is 0 Å². The molecular formula is C8H13NOS. The van der Waals surface area contributed by atoms with Crippen molar-refractivity contribution in [3.8, 4) is 0 Å². The number of fused-ring (bicyclic) bond motifs is 1. The predicted molar refractivity (Wildman–Crippen MR) is 47.2 cm³/mol. The summed E-state index contributed by atoms with van der Waals surface area (Å²) < 4.78 is 5.02. The molecule has 0 aromatic rings. The average molecular weight is 171 g/mol. The van der Waals surface area contributed by atoms with Gasteiger partial charge in [-0.1, -0.05) is 6.08 Å². The van der Waals surface area contributed by atoms with Crippen LogP contribution >= 0.6 is 12.0 Å². The quantitative estimate of drug-likeness (QED) is 0.637. The van der Waals surface area contributed by atoms with Gasteiger partial charge in [-0.25, -0.2) is 0 Å². The summed E-state index contributed by atoms with van der Waals surface area (Å²) in [6.07, 6.45) is 4.82. The monoisotopic (exact) mass is 171 g/mol. The van der Waals surface area contributed by atoms with E-state index in [1.54, 1.807) is 7.11 Å². The van der Waals surface area contributed by atoms with Gasteiger partial charge in [0, 0.05) is 29.5 Å². The van der Waals surface area contributed by atoms with Crippen LogP contribution in [0.15, 0.2) is 11.0 Å². The second-order valence-corrected chi connectivity index (χ2v) is 4.12. The van der Waals surface area contributed by atoms with Crippen LogP contribution in [0.25, 0.3) is 0 Å². The van der Waals surface area contributed by atoms with E-state index < -0.39 is 0 Å². The van der Waals surface area contributed by atoms with Gasteiger partial charge in [0.25, 0.3) is 0 Å². The van der Waals surface area contributed by atoms with E-state index in [4.69, 9.17) is 4.18 Å². The van der Waals surface area contributed by atoms with Gasteiger partial charge in [0.05, 0.1) is 7.11 Å². The standard InChI is InChI=1S/C8H13NOS/c1-10-11-7-2-3-9-8-5-6(8)4-7/h4,6,8-9H,2-3,5H2,1H3/t6-,8?/m1/s1. The molecule has 2 atom stereocenters. The summed E-state index contributed by atoms with van der Waals surface area (Å²) in [5.74, 6) is 0.801. The first-order chi connectivity index (χ1) is 5.40. The molecule has 1 aliphatic carbocycles. The Morgan fingerprint density at radius 1 is 1.73 bits per heavy atom. The minimum absolute atomic E-state index is 0.782. The second kappa shape index (κ2) is 3.17. The molecule has 0 radical (unpaired) electrons. The lowest BCUT2D eigenvalue weighted by molar-refractivity contribution is 0.492. The minimum Gasteiger partial charge on any atom is -0.314 e. The fraction of sp³-hybridized carbons (Fsp3) is 0.750. The fourth-order valence-electron chi connectivity index (χ4n) is 1.51. The van der Waals surface area contributed by atoms with Gasteiger partial charge >= 0.3 is 0 Å². The van der Waals surface area contributed by atoms with Gasteiger partial charge in [-0.3, -0.25) is 0 Å². The lowest BCUT2D eigenvalue weighted by atomic mass is 10.3.